The van der Waals surface area contributed by atoms with Crippen molar-refractivity contribution in [2.45, 2.75) is 28.3 Å². The topological polar surface area (TPSA) is 98.9 Å². The molecule has 3 atom stereocenters. The van der Waals surface area contributed by atoms with Crippen LogP contribution in [0.25, 0.3) is 5.65 Å². The van der Waals surface area contributed by atoms with E-state index in [4.69, 9.17) is 4.55 Å². The third-order valence-electron chi connectivity index (χ3n) is 5.14. The molecule has 1 saturated heterocycles. The van der Waals surface area contributed by atoms with Crippen molar-refractivity contribution in [3.63, 3.8) is 0 Å². The summed E-state index contributed by atoms with van der Waals surface area (Å²) in [5.74, 6) is 1.87. The molecule has 27 heavy (non-hydrogen) atoms. The Balaban J connectivity index is 0.000000157. The van der Waals surface area contributed by atoms with Gasteiger partial charge in [0, 0.05) is 42.9 Å². The monoisotopic (exact) mass is 407 g/mol. The summed E-state index contributed by atoms with van der Waals surface area (Å²) in [5, 5.41) is 6.19. The van der Waals surface area contributed by atoms with Crippen molar-refractivity contribution in [2.24, 2.45) is 18.9 Å². The summed E-state index contributed by atoms with van der Waals surface area (Å²) >= 11 is 2.67. The molecule has 1 unspecified atom stereocenters. The highest BCUT2D eigenvalue weighted by Gasteiger charge is 2.37. The van der Waals surface area contributed by atoms with E-state index in [0.717, 1.165) is 27.8 Å². The summed E-state index contributed by atoms with van der Waals surface area (Å²) in [6.45, 7) is 2.48. The van der Waals surface area contributed by atoms with Gasteiger partial charge in [-0.2, -0.15) is 0 Å². The Bertz CT molecular complexity index is 856. The van der Waals surface area contributed by atoms with Gasteiger partial charge in [-0.3, -0.25) is 4.40 Å². The van der Waals surface area contributed by atoms with Gasteiger partial charge >= 0.3 is 0 Å². The van der Waals surface area contributed by atoms with Gasteiger partial charge in [0.15, 0.2) is 5.16 Å². The molecule has 3 aromatic rings. The molecule has 1 aliphatic heterocycles. The van der Waals surface area contributed by atoms with Gasteiger partial charge in [-0.05, 0) is 49.9 Å². The Labute approximate surface area is 167 Å². The minimum absolute atomic E-state index is 0. The molecular formula is C18H25N5O2S2. The number of imidazole rings is 2. The van der Waals surface area contributed by atoms with Crippen molar-refractivity contribution in [2.75, 3.05) is 13.1 Å². The lowest BCUT2D eigenvalue weighted by atomic mass is 10.0. The van der Waals surface area contributed by atoms with Crippen molar-refractivity contribution in [3.8, 4) is 0 Å². The zero-order chi connectivity index (χ0) is 17.9. The summed E-state index contributed by atoms with van der Waals surface area (Å²) in [4.78, 5) is 8.46. The molecule has 0 bridgehead atoms. The number of aryl methyl sites for hydroxylation is 1. The number of hydrogen-bond acceptors (Lipinski definition) is 6. The predicted molar refractivity (Wildman–Crippen MR) is 109 cm³/mol. The first kappa shape index (κ1) is 20.2. The van der Waals surface area contributed by atoms with E-state index in [1.54, 1.807) is 6.20 Å². The summed E-state index contributed by atoms with van der Waals surface area (Å²) in [5.41, 5.74) is 0.851. The van der Waals surface area contributed by atoms with Crippen molar-refractivity contribution in [1.82, 2.24) is 24.3 Å². The Hall–Kier alpha value is -1.52. The van der Waals surface area contributed by atoms with Gasteiger partial charge in [0.1, 0.15) is 10.7 Å². The number of hydrogen-bond donors (Lipinski definition) is 2. The molecule has 2 fully saturated rings. The SMILES string of the molecule is Cn1ccnc1SC1C[C@H]2CNC[C@H]2C1.O.OSc1cnc2ccccn12. The highest BCUT2D eigenvalue weighted by molar-refractivity contribution is 7.99. The van der Waals surface area contributed by atoms with E-state index in [1.807, 2.05) is 53.0 Å². The maximum Gasteiger partial charge on any atom is 0.167 e. The Morgan fingerprint density at radius 2 is 1.93 bits per heavy atom. The van der Waals surface area contributed by atoms with Gasteiger partial charge < -0.3 is 19.9 Å². The molecule has 4 N–H and O–H groups in total. The van der Waals surface area contributed by atoms with Crippen LogP contribution in [0.5, 0.6) is 0 Å². The largest absolute Gasteiger partial charge is 0.412 e. The molecular weight excluding hydrogens is 382 g/mol. The van der Waals surface area contributed by atoms with Gasteiger partial charge in [-0.15, -0.1) is 0 Å². The number of rotatable bonds is 3. The zero-order valence-corrected chi connectivity index (χ0v) is 16.8. The van der Waals surface area contributed by atoms with Crippen LogP contribution in [0.1, 0.15) is 12.8 Å². The highest BCUT2D eigenvalue weighted by atomic mass is 32.2. The first-order valence-electron chi connectivity index (χ1n) is 8.83. The molecule has 5 rings (SSSR count). The van der Waals surface area contributed by atoms with E-state index < -0.39 is 0 Å². The number of aromatic nitrogens is 4. The van der Waals surface area contributed by atoms with Gasteiger partial charge in [0.25, 0.3) is 0 Å². The minimum Gasteiger partial charge on any atom is -0.412 e. The molecule has 0 aromatic carbocycles. The third kappa shape index (κ3) is 4.49. The molecule has 2 aliphatic rings. The van der Waals surface area contributed by atoms with Crippen molar-refractivity contribution in [3.05, 3.63) is 43.0 Å². The Kier molecular flexibility index (Phi) is 6.83. The van der Waals surface area contributed by atoms with Crippen LogP contribution in [0.2, 0.25) is 0 Å². The van der Waals surface area contributed by atoms with Crippen LogP contribution in [0, 0.1) is 11.8 Å². The number of pyridine rings is 1. The van der Waals surface area contributed by atoms with Crippen LogP contribution < -0.4 is 5.32 Å². The zero-order valence-electron chi connectivity index (χ0n) is 15.2. The van der Waals surface area contributed by atoms with Crippen molar-refractivity contribution in [1.29, 1.82) is 0 Å². The normalized spacial score (nSPS) is 23.6. The molecule has 0 amide bonds. The summed E-state index contributed by atoms with van der Waals surface area (Å²) < 4.78 is 12.7. The second-order valence-electron chi connectivity index (χ2n) is 6.83. The molecule has 4 heterocycles. The van der Waals surface area contributed by atoms with E-state index in [2.05, 4.69) is 26.9 Å². The molecule has 0 radical (unpaired) electrons. The lowest BCUT2D eigenvalue weighted by Crippen LogP contribution is -2.12. The molecule has 1 aliphatic carbocycles. The van der Waals surface area contributed by atoms with Gasteiger partial charge in [-0.1, -0.05) is 17.8 Å². The fourth-order valence-electron chi connectivity index (χ4n) is 3.80. The van der Waals surface area contributed by atoms with Gasteiger partial charge in [-0.25, -0.2) is 9.97 Å². The first-order valence-corrected chi connectivity index (χ1v) is 10.5. The average Bonchev–Trinajstić information content (AvgIpc) is 3.40. The van der Waals surface area contributed by atoms with Crippen LogP contribution in [0.4, 0.5) is 0 Å². The van der Waals surface area contributed by atoms with E-state index in [1.165, 1.54) is 31.1 Å². The third-order valence-corrected chi connectivity index (χ3v) is 6.95. The lowest BCUT2D eigenvalue weighted by Gasteiger charge is -2.10. The molecule has 3 aromatic heterocycles. The molecule has 9 heteroatoms. The molecule has 1 saturated carbocycles. The summed E-state index contributed by atoms with van der Waals surface area (Å²) in [7, 11) is 2.08. The molecule has 0 spiro atoms. The maximum atomic E-state index is 8.78. The van der Waals surface area contributed by atoms with Gasteiger partial charge in [0.05, 0.1) is 6.20 Å². The standard InChI is InChI=1S/C11H17N3S.C7H6N2OS.H2O/c1-14-3-2-13-11(14)15-10-4-8-6-12-7-9(8)5-10;10-11-7-5-8-6-3-1-2-4-9(6)7;/h2-3,8-10,12H,4-7H2,1H3;1-5,10H;1H2/t8-,9+,10?;;. The fraction of sp³-hybridized carbons (Fsp3) is 0.444. The van der Waals surface area contributed by atoms with Crippen molar-refractivity contribution >= 4 is 29.5 Å². The number of fused-ring (bicyclic) bond motifs is 2. The molecule has 146 valence electrons. The second-order valence-corrected chi connectivity index (χ2v) is 8.70. The van der Waals surface area contributed by atoms with Crippen LogP contribution in [-0.2, 0) is 7.05 Å². The first-order chi connectivity index (χ1) is 12.7. The minimum atomic E-state index is 0. The van der Waals surface area contributed by atoms with E-state index >= 15 is 0 Å². The predicted octanol–water partition coefficient (Wildman–Crippen LogP) is 2.58. The maximum absolute atomic E-state index is 8.78. The van der Waals surface area contributed by atoms with Crippen LogP contribution >= 0.6 is 23.8 Å². The van der Waals surface area contributed by atoms with Crippen LogP contribution in [0.15, 0.2) is 53.2 Å². The molecule has 7 nitrogen and oxygen atoms in total. The summed E-state index contributed by atoms with van der Waals surface area (Å²) in [6, 6.07) is 5.70. The number of nitrogens with zero attached hydrogens (tertiary/aromatic N) is 4. The van der Waals surface area contributed by atoms with E-state index in [0.29, 0.717) is 12.0 Å². The van der Waals surface area contributed by atoms with Crippen molar-refractivity contribution < 1.29 is 10.0 Å². The Morgan fingerprint density at radius 1 is 1.15 bits per heavy atom. The summed E-state index contributed by atoms with van der Waals surface area (Å²) in [6.07, 6.45) is 10.2. The second kappa shape index (κ2) is 9.11. The smallest absolute Gasteiger partial charge is 0.167 e. The van der Waals surface area contributed by atoms with Gasteiger partial charge in [0.2, 0.25) is 0 Å². The van der Waals surface area contributed by atoms with Crippen LogP contribution in [-0.4, -0.2) is 47.3 Å². The highest BCUT2D eigenvalue weighted by Crippen LogP contribution is 2.42. The quantitative estimate of drug-likeness (QED) is 0.648. The van der Waals surface area contributed by atoms with E-state index in [9.17, 15) is 0 Å². The fourth-order valence-corrected chi connectivity index (χ4v) is 5.47. The Morgan fingerprint density at radius 3 is 2.59 bits per heavy atom. The number of nitrogens with one attached hydrogen (secondary N) is 1. The lowest BCUT2D eigenvalue weighted by molar-refractivity contribution is 0.494. The van der Waals surface area contributed by atoms with E-state index in [-0.39, 0.29) is 5.48 Å². The van der Waals surface area contributed by atoms with Crippen LogP contribution in [0.3, 0.4) is 0 Å². The number of thioether (sulfide) groups is 1. The average molecular weight is 408 g/mol.